The van der Waals surface area contributed by atoms with Crippen molar-refractivity contribution in [3.63, 3.8) is 0 Å². The number of fused-ring (bicyclic) bond motifs is 2. The van der Waals surface area contributed by atoms with Crippen molar-refractivity contribution < 1.29 is 9.53 Å². The third-order valence-electron chi connectivity index (χ3n) is 4.14. The zero-order valence-electron chi connectivity index (χ0n) is 11.3. The molecule has 0 amide bonds. The molecule has 0 saturated carbocycles. The summed E-state index contributed by atoms with van der Waals surface area (Å²) >= 11 is 1.68. The average Bonchev–Trinajstić information content (AvgIpc) is 3.07. The Morgan fingerprint density at radius 2 is 1.95 bits per heavy atom. The number of thiophene rings is 1. The van der Waals surface area contributed by atoms with E-state index in [2.05, 4.69) is 6.07 Å². The Balaban J connectivity index is 1.67. The van der Waals surface area contributed by atoms with Gasteiger partial charge in [-0.1, -0.05) is 0 Å². The molecule has 2 heterocycles. The van der Waals surface area contributed by atoms with Crippen LogP contribution in [-0.4, -0.2) is 12.4 Å². The van der Waals surface area contributed by atoms with Crippen LogP contribution in [0.15, 0.2) is 24.3 Å². The van der Waals surface area contributed by atoms with Crippen LogP contribution in [0, 0.1) is 0 Å². The fourth-order valence-corrected chi connectivity index (χ4v) is 4.30. The summed E-state index contributed by atoms with van der Waals surface area (Å²) in [6.45, 7) is 0.790. The molecule has 20 heavy (non-hydrogen) atoms. The lowest BCUT2D eigenvalue weighted by molar-refractivity contribution is 0.104. The van der Waals surface area contributed by atoms with Gasteiger partial charge in [-0.05, 0) is 67.5 Å². The first-order chi connectivity index (χ1) is 9.81. The summed E-state index contributed by atoms with van der Waals surface area (Å²) in [4.78, 5) is 14.9. The molecule has 0 saturated heterocycles. The predicted octanol–water partition coefficient (Wildman–Crippen LogP) is 3.79. The summed E-state index contributed by atoms with van der Waals surface area (Å²) < 4.78 is 5.60. The second-order valence-corrected chi connectivity index (χ2v) is 6.65. The third kappa shape index (κ3) is 1.97. The number of hydrogen-bond donors (Lipinski definition) is 0. The van der Waals surface area contributed by atoms with Gasteiger partial charge in [-0.15, -0.1) is 11.3 Å². The first-order valence-corrected chi connectivity index (χ1v) is 8.05. The molecule has 4 rings (SSSR count). The number of rotatable bonds is 2. The van der Waals surface area contributed by atoms with Crippen LogP contribution in [0.2, 0.25) is 0 Å². The molecule has 1 aliphatic carbocycles. The quantitative estimate of drug-likeness (QED) is 0.784. The summed E-state index contributed by atoms with van der Waals surface area (Å²) in [5, 5.41) is 0. The van der Waals surface area contributed by atoms with Crippen LogP contribution in [0.5, 0.6) is 5.75 Å². The van der Waals surface area contributed by atoms with Crippen molar-refractivity contribution in [2.75, 3.05) is 6.61 Å². The van der Waals surface area contributed by atoms with Gasteiger partial charge < -0.3 is 4.74 Å². The second-order valence-electron chi connectivity index (χ2n) is 5.52. The highest BCUT2D eigenvalue weighted by Gasteiger charge is 2.20. The van der Waals surface area contributed by atoms with Crippen molar-refractivity contribution in [2.45, 2.75) is 32.1 Å². The molecule has 1 aliphatic heterocycles. The lowest BCUT2D eigenvalue weighted by Crippen LogP contribution is -2.09. The molecule has 0 spiro atoms. The van der Waals surface area contributed by atoms with Gasteiger partial charge in [-0.2, -0.15) is 0 Å². The standard InChI is InChI=1S/C17H16O2S/c18-17(16-10-12-3-1-5-15(12)20-16)13-6-7-14-11(9-13)4-2-8-19-14/h6-7,9-10H,1-5,8H2. The maximum atomic E-state index is 12.6. The van der Waals surface area contributed by atoms with Gasteiger partial charge in [0.15, 0.2) is 0 Å². The lowest BCUT2D eigenvalue weighted by Gasteiger charge is -2.17. The number of carbonyl (C=O) groups excluding carboxylic acids is 1. The molecule has 0 atom stereocenters. The first kappa shape index (κ1) is 12.2. The van der Waals surface area contributed by atoms with Crippen molar-refractivity contribution in [3.05, 3.63) is 50.7 Å². The Kier molecular flexibility index (Phi) is 2.88. The zero-order chi connectivity index (χ0) is 13.5. The normalized spacial score (nSPS) is 16.4. The van der Waals surface area contributed by atoms with E-state index in [9.17, 15) is 4.79 Å². The largest absolute Gasteiger partial charge is 0.493 e. The maximum absolute atomic E-state index is 12.6. The SMILES string of the molecule is O=C(c1ccc2c(c1)CCCO2)c1cc2c(s1)CCC2. The van der Waals surface area contributed by atoms with E-state index >= 15 is 0 Å². The molecule has 1 aromatic carbocycles. The first-order valence-electron chi connectivity index (χ1n) is 7.23. The molecule has 2 nitrogen and oxygen atoms in total. The molecule has 2 aliphatic rings. The summed E-state index contributed by atoms with van der Waals surface area (Å²) in [5.41, 5.74) is 3.36. The van der Waals surface area contributed by atoms with E-state index < -0.39 is 0 Å². The van der Waals surface area contributed by atoms with Crippen LogP contribution in [0.3, 0.4) is 0 Å². The molecule has 0 fully saturated rings. The smallest absolute Gasteiger partial charge is 0.202 e. The topological polar surface area (TPSA) is 26.3 Å². The Bertz CT molecular complexity index is 663. The number of hydrogen-bond acceptors (Lipinski definition) is 3. The van der Waals surface area contributed by atoms with Crippen molar-refractivity contribution in [3.8, 4) is 5.75 Å². The van der Waals surface area contributed by atoms with E-state index in [0.29, 0.717) is 0 Å². The Labute approximate surface area is 122 Å². The van der Waals surface area contributed by atoms with Crippen molar-refractivity contribution >= 4 is 17.1 Å². The predicted molar refractivity (Wildman–Crippen MR) is 80.0 cm³/mol. The minimum atomic E-state index is 0.165. The second kappa shape index (κ2) is 4.74. The molecular weight excluding hydrogens is 268 g/mol. The van der Waals surface area contributed by atoms with Crippen LogP contribution >= 0.6 is 11.3 Å². The Hall–Kier alpha value is -1.61. The maximum Gasteiger partial charge on any atom is 0.202 e. The average molecular weight is 284 g/mol. The van der Waals surface area contributed by atoms with E-state index in [1.165, 1.54) is 22.4 Å². The van der Waals surface area contributed by atoms with Gasteiger partial charge in [0.2, 0.25) is 5.78 Å². The van der Waals surface area contributed by atoms with Gasteiger partial charge in [-0.3, -0.25) is 4.79 Å². The van der Waals surface area contributed by atoms with Gasteiger partial charge in [0.1, 0.15) is 5.75 Å². The van der Waals surface area contributed by atoms with E-state index in [1.807, 2.05) is 18.2 Å². The van der Waals surface area contributed by atoms with Crippen molar-refractivity contribution in [1.82, 2.24) is 0 Å². The van der Waals surface area contributed by atoms with Crippen LogP contribution in [0.25, 0.3) is 0 Å². The van der Waals surface area contributed by atoms with Crippen LogP contribution in [0.1, 0.15) is 44.1 Å². The Morgan fingerprint density at radius 1 is 1.05 bits per heavy atom. The van der Waals surface area contributed by atoms with E-state index in [0.717, 1.165) is 48.5 Å². The molecular formula is C17H16O2S. The zero-order valence-corrected chi connectivity index (χ0v) is 12.1. The van der Waals surface area contributed by atoms with Gasteiger partial charge in [0.05, 0.1) is 11.5 Å². The van der Waals surface area contributed by atoms with Crippen LogP contribution < -0.4 is 4.74 Å². The monoisotopic (exact) mass is 284 g/mol. The minimum absolute atomic E-state index is 0.165. The molecule has 0 unspecified atom stereocenters. The molecule has 0 radical (unpaired) electrons. The molecule has 1 aromatic heterocycles. The Morgan fingerprint density at radius 3 is 2.85 bits per heavy atom. The third-order valence-corrected chi connectivity index (χ3v) is 5.38. The van der Waals surface area contributed by atoms with Gasteiger partial charge in [-0.25, -0.2) is 0 Å². The summed E-state index contributed by atoms with van der Waals surface area (Å²) in [5.74, 6) is 1.11. The lowest BCUT2D eigenvalue weighted by atomic mass is 10.0. The number of aryl methyl sites for hydroxylation is 3. The highest BCUT2D eigenvalue weighted by molar-refractivity contribution is 7.14. The number of carbonyl (C=O) groups is 1. The molecule has 2 aromatic rings. The highest BCUT2D eigenvalue weighted by atomic mass is 32.1. The molecule has 3 heteroatoms. The van der Waals surface area contributed by atoms with Gasteiger partial charge >= 0.3 is 0 Å². The number of ether oxygens (including phenoxy) is 1. The van der Waals surface area contributed by atoms with E-state index in [1.54, 1.807) is 11.3 Å². The van der Waals surface area contributed by atoms with Crippen molar-refractivity contribution in [2.24, 2.45) is 0 Å². The minimum Gasteiger partial charge on any atom is -0.493 e. The number of benzene rings is 1. The fourth-order valence-electron chi connectivity index (χ4n) is 3.08. The fraction of sp³-hybridized carbons (Fsp3) is 0.353. The summed E-state index contributed by atoms with van der Waals surface area (Å²) in [6, 6.07) is 7.97. The highest BCUT2D eigenvalue weighted by Crippen LogP contribution is 2.33. The van der Waals surface area contributed by atoms with Crippen LogP contribution in [0.4, 0.5) is 0 Å². The van der Waals surface area contributed by atoms with E-state index in [-0.39, 0.29) is 5.78 Å². The number of ketones is 1. The van der Waals surface area contributed by atoms with Crippen LogP contribution in [-0.2, 0) is 19.3 Å². The summed E-state index contributed by atoms with van der Waals surface area (Å²) in [6.07, 6.45) is 5.57. The van der Waals surface area contributed by atoms with E-state index in [4.69, 9.17) is 4.74 Å². The molecule has 0 N–H and O–H groups in total. The molecule has 102 valence electrons. The van der Waals surface area contributed by atoms with Gasteiger partial charge in [0.25, 0.3) is 0 Å². The van der Waals surface area contributed by atoms with Crippen molar-refractivity contribution in [1.29, 1.82) is 0 Å². The summed E-state index contributed by atoms with van der Waals surface area (Å²) in [7, 11) is 0. The molecule has 0 bridgehead atoms. The van der Waals surface area contributed by atoms with Gasteiger partial charge in [0, 0.05) is 10.4 Å².